The standard InChI is InChI=1S/C24H25F4N5O3/c1-14-16(25)6-7-17(22(14)26)32-23-15-11-19(31-21(34)5-4-8-33(2)3)20(12-18(15)29-13-30-23)35-9-10-36-24(27)28/h4-7,11-13,24H,8-10H2,1-3H3,(H,31,34)(H,29,30,32)/b5-4+. The first-order chi connectivity index (χ1) is 17.2. The molecule has 0 spiro atoms. The van der Waals surface area contributed by atoms with Gasteiger partial charge in [-0.3, -0.25) is 4.79 Å². The van der Waals surface area contributed by atoms with E-state index in [1.54, 1.807) is 6.08 Å². The Morgan fingerprint density at radius 1 is 1.14 bits per heavy atom. The lowest BCUT2D eigenvalue weighted by molar-refractivity contribution is -0.133. The number of benzene rings is 2. The van der Waals surface area contributed by atoms with Gasteiger partial charge in [0.1, 0.15) is 30.3 Å². The minimum Gasteiger partial charge on any atom is -0.489 e. The minimum absolute atomic E-state index is 0.00409. The van der Waals surface area contributed by atoms with Crippen LogP contribution in [0.3, 0.4) is 0 Å². The van der Waals surface area contributed by atoms with Crippen LogP contribution in [0.4, 0.5) is 34.8 Å². The number of fused-ring (bicyclic) bond motifs is 1. The first kappa shape index (κ1) is 26.8. The highest BCUT2D eigenvalue weighted by atomic mass is 19.3. The van der Waals surface area contributed by atoms with E-state index >= 15 is 0 Å². The number of nitrogens with zero attached hydrogens (tertiary/aromatic N) is 3. The molecule has 1 heterocycles. The van der Waals surface area contributed by atoms with E-state index in [0.717, 1.165) is 6.07 Å². The molecule has 0 radical (unpaired) electrons. The van der Waals surface area contributed by atoms with Gasteiger partial charge < -0.3 is 25.0 Å². The van der Waals surface area contributed by atoms with Gasteiger partial charge in [-0.05, 0) is 39.2 Å². The second kappa shape index (κ2) is 12.3. The Morgan fingerprint density at radius 3 is 2.64 bits per heavy atom. The highest BCUT2D eigenvalue weighted by molar-refractivity contribution is 6.03. The van der Waals surface area contributed by atoms with Gasteiger partial charge in [-0.2, -0.15) is 8.78 Å². The molecule has 0 saturated heterocycles. The second-order valence-corrected chi connectivity index (χ2v) is 7.88. The minimum atomic E-state index is -2.94. The van der Waals surface area contributed by atoms with Gasteiger partial charge in [0.05, 0.1) is 23.5 Å². The number of hydrogen-bond donors (Lipinski definition) is 2. The molecule has 0 atom stereocenters. The lowest BCUT2D eigenvalue weighted by Crippen LogP contribution is -2.14. The van der Waals surface area contributed by atoms with Crippen LogP contribution in [-0.4, -0.2) is 61.2 Å². The lowest BCUT2D eigenvalue weighted by Gasteiger charge is -2.15. The first-order valence-corrected chi connectivity index (χ1v) is 10.8. The van der Waals surface area contributed by atoms with Gasteiger partial charge in [0.15, 0.2) is 5.82 Å². The third-order valence-corrected chi connectivity index (χ3v) is 4.89. The molecule has 2 N–H and O–H groups in total. The van der Waals surface area contributed by atoms with Gasteiger partial charge in [-0.1, -0.05) is 6.08 Å². The second-order valence-electron chi connectivity index (χ2n) is 7.88. The first-order valence-electron chi connectivity index (χ1n) is 10.8. The monoisotopic (exact) mass is 507 g/mol. The molecule has 3 rings (SSSR count). The van der Waals surface area contributed by atoms with E-state index in [1.807, 2.05) is 19.0 Å². The number of likely N-dealkylation sites (N-methyl/N-ethyl adjacent to an activating group) is 1. The zero-order valence-corrected chi connectivity index (χ0v) is 19.8. The summed E-state index contributed by atoms with van der Waals surface area (Å²) < 4.78 is 62.6. The largest absolute Gasteiger partial charge is 0.489 e. The Labute approximate surface area is 204 Å². The number of carbonyl (C=O) groups excluding carboxylic acids is 1. The van der Waals surface area contributed by atoms with Crippen LogP contribution in [-0.2, 0) is 9.53 Å². The van der Waals surface area contributed by atoms with E-state index in [4.69, 9.17) is 4.74 Å². The van der Waals surface area contributed by atoms with Crippen molar-refractivity contribution in [2.24, 2.45) is 0 Å². The van der Waals surface area contributed by atoms with Crippen LogP contribution in [0.25, 0.3) is 10.9 Å². The third kappa shape index (κ3) is 7.12. The Bertz CT molecular complexity index is 1250. The van der Waals surface area contributed by atoms with E-state index in [1.165, 1.54) is 37.5 Å². The molecule has 2 aromatic carbocycles. The third-order valence-electron chi connectivity index (χ3n) is 4.89. The summed E-state index contributed by atoms with van der Waals surface area (Å²) in [6.07, 6.45) is 4.22. The van der Waals surface area contributed by atoms with Gasteiger partial charge in [0, 0.05) is 29.6 Å². The Kier molecular flexibility index (Phi) is 9.14. The Hall–Kier alpha value is -3.77. The van der Waals surface area contributed by atoms with Crippen molar-refractivity contribution in [1.82, 2.24) is 14.9 Å². The van der Waals surface area contributed by atoms with Crippen LogP contribution in [0.5, 0.6) is 5.75 Å². The summed E-state index contributed by atoms with van der Waals surface area (Å²) in [5.74, 6) is -1.58. The summed E-state index contributed by atoms with van der Waals surface area (Å²) in [6.45, 7) is -1.70. The molecular formula is C24H25F4N5O3. The molecule has 1 amide bonds. The topological polar surface area (TPSA) is 88.6 Å². The average Bonchev–Trinajstić information content (AvgIpc) is 2.82. The molecule has 1 aromatic heterocycles. The number of halogens is 4. The van der Waals surface area contributed by atoms with Gasteiger partial charge in [0.2, 0.25) is 5.91 Å². The summed E-state index contributed by atoms with van der Waals surface area (Å²) in [7, 11) is 3.69. The fourth-order valence-corrected chi connectivity index (χ4v) is 3.12. The van der Waals surface area contributed by atoms with Crippen LogP contribution < -0.4 is 15.4 Å². The number of amides is 1. The zero-order chi connectivity index (χ0) is 26.2. The number of aromatic nitrogens is 2. The number of carbonyl (C=O) groups is 1. The predicted molar refractivity (Wildman–Crippen MR) is 128 cm³/mol. The fraction of sp³-hybridized carbons (Fsp3) is 0.292. The number of anilines is 3. The zero-order valence-electron chi connectivity index (χ0n) is 19.8. The molecule has 0 aliphatic heterocycles. The molecule has 192 valence electrons. The van der Waals surface area contributed by atoms with Crippen molar-refractivity contribution in [2.75, 3.05) is 44.5 Å². The van der Waals surface area contributed by atoms with Crippen molar-refractivity contribution in [3.8, 4) is 5.75 Å². The predicted octanol–water partition coefficient (Wildman–Crippen LogP) is 4.63. The molecule has 12 heteroatoms. The summed E-state index contributed by atoms with van der Waals surface area (Å²) >= 11 is 0. The molecule has 0 unspecified atom stereocenters. The fourth-order valence-electron chi connectivity index (χ4n) is 3.12. The molecule has 0 fully saturated rings. The maximum Gasteiger partial charge on any atom is 0.345 e. The number of ether oxygens (including phenoxy) is 2. The van der Waals surface area contributed by atoms with Crippen LogP contribution in [0.1, 0.15) is 5.56 Å². The van der Waals surface area contributed by atoms with E-state index in [9.17, 15) is 22.4 Å². The SMILES string of the molecule is Cc1c(F)ccc(Nc2ncnc3cc(OCCOC(F)F)c(NC(=O)/C=C/CN(C)C)cc23)c1F. The van der Waals surface area contributed by atoms with Crippen LogP contribution in [0.2, 0.25) is 0 Å². The van der Waals surface area contributed by atoms with E-state index in [2.05, 4.69) is 25.3 Å². The molecule has 8 nitrogen and oxygen atoms in total. The summed E-state index contributed by atoms with van der Waals surface area (Å²) in [4.78, 5) is 22.7. The van der Waals surface area contributed by atoms with Gasteiger partial charge in [-0.25, -0.2) is 18.7 Å². The van der Waals surface area contributed by atoms with E-state index in [-0.39, 0.29) is 41.7 Å². The quantitative estimate of drug-likeness (QED) is 0.222. The van der Waals surface area contributed by atoms with Gasteiger partial charge >= 0.3 is 6.61 Å². The van der Waals surface area contributed by atoms with Crippen molar-refractivity contribution in [3.63, 3.8) is 0 Å². The Morgan fingerprint density at radius 2 is 1.92 bits per heavy atom. The number of nitrogens with one attached hydrogen (secondary N) is 2. The van der Waals surface area contributed by atoms with Crippen molar-refractivity contribution in [1.29, 1.82) is 0 Å². The summed E-state index contributed by atoms with van der Waals surface area (Å²) in [6, 6.07) is 5.36. The Balaban J connectivity index is 1.96. The average molecular weight is 507 g/mol. The molecule has 0 aliphatic rings. The number of alkyl halides is 2. The maximum absolute atomic E-state index is 14.6. The summed E-state index contributed by atoms with van der Waals surface area (Å²) in [5, 5.41) is 5.90. The van der Waals surface area contributed by atoms with Crippen molar-refractivity contribution in [3.05, 3.63) is 59.9 Å². The highest BCUT2D eigenvalue weighted by Crippen LogP contribution is 2.34. The highest BCUT2D eigenvalue weighted by Gasteiger charge is 2.16. The van der Waals surface area contributed by atoms with Crippen LogP contribution >= 0.6 is 0 Å². The van der Waals surface area contributed by atoms with Gasteiger partial charge in [-0.15, -0.1) is 0 Å². The molecule has 0 saturated carbocycles. The molecule has 0 bridgehead atoms. The van der Waals surface area contributed by atoms with Crippen molar-refractivity contribution >= 4 is 34.0 Å². The number of rotatable bonds is 11. The smallest absolute Gasteiger partial charge is 0.345 e. The van der Waals surface area contributed by atoms with E-state index in [0.29, 0.717) is 17.4 Å². The lowest BCUT2D eigenvalue weighted by atomic mass is 10.1. The molecule has 3 aromatic rings. The van der Waals surface area contributed by atoms with Crippen LogP contribution in [0, 0.1) is 18.6 Å². The molecule has 0 aliphatic carbocycles. The summed E-state index contributed by atoms with van der Waals surface area (Å²) in [5.41, 5.74) is 0.401. The van der Waals surface area contributed by atoms with E-state index < -0.39 is 24.2 Å². The van der Waals surface area contributed by atoms with Crippen molar-refractivity contribution in [2.45, 2.75) is 13.5 Å². The van der Waals surface area contributed by atoms with Crippen LogP contribution in [0.15, 0.2) is 42.7 Å². The van der Waals surface area contributed by atoms with Gasteiger partial charge in [0.25, 0.3) is 0 Å². The maximum atomic E-state index is 14.6. The normalized spacial score (nSPS) is 11.6. The molecular weight excluding hydrogens is 482 g/mol. The van der Waals surface area contributed by atoms with Crippen molar-refractivity contribution < 1.29 is 31.8 Å². The number of hydrogen-bond acceptors (Lipinski definition) is 7. The molecule has 36 heavy (non-hydrogen) atoms.